The van der Waals surface area contributed by atoms with Crippen LogP contribution in [0.5, 0.6) is 5.75 Å². The van der Waals surface area contributed by atoms with E-state index in [0.29, 0.717) is 5.39 Å². The maximum Gasteiger partial charge on any atom is 0.336 e. The van der Waals surface area contributed by atoms with E-state index in [1.807, 2.05) is 0 Å². The van der Waals surface area contributed by atoms with Crippen molar-refractivity contribution in [2.75, 3.05) is 0 Å². The van der Waals surface area contributed by atoms with Crippen LogP contribution in [0.3, 0.4) is 0 Å². The Morgan fingerprint density at radius 3 is 2.75 bits per heavy atom. The Hall–Kier alpha value is -1.77. The standard InChI is InChI=1S/C9H5O3/c10-7-3-1-2-6-4-5-8(11)12-9(6)7/h1-5H. The van der Waals surface area contributed by atoms with E-state index in [1.54, 1.807) is 18.2 Å². The van der Waals surface area contributed by atoms with Gasteiger partial charge in [-0.3, -0.25) is 5.11 Å². The number of rotatable bonds is 0. The molecule has 0 amide bonds. The molecule has 3 heteroatoms. The Bertz CT molecular complexity index is 470. The van der Waals surface area contributed by atoms with Gasteiger partial charge in [0.15, 0.2) is 5.58 Å². The molecule has 12 heavy (non-hydrogen) atoms. The molecule has 59 valence electrons. The summed E-state index contributed by atoms with van der Waals surface area (Å²) in [5, 5.41) is 11.8. The molecule has 0 fully saturated rings. The molecule has 3 nitrogen and oxygen atoms in total. The van der Waals surface area contributed by atoms with Crippen LogP contribution in [0, 0.1) is 0 Å². The lowest BCUT2D eigenvalue weighted by molar-refractivity contribution is 0.350. The summed E-state index contributed by atoms with van der Waals surface area (Å²) in [6, 6.07) is 7.58. The van der Waals surface area contributed by atoms with Gasteiger partial charge in [-0.1, -0.05) is 12.1 Å². The summed E-state index contributed by atoms with van der Waals surface area (Å²) in [7, 11) is 0. The van der Waals surface area contributed by atoms with Crippen molar-refractivity contribution in [1.29, 1.82) is 0 Å². The third kappa shape index (κ3) is 0.955. The van der Waals surface area contributed by atoms with Crippen LogP contribution >= 0.6 is 0 Å². The van der Waals surface area contributed by atoms with Gasteiger partial charge in [-0.25, -0.2) is 4.79 Å². The van der Waals surface area contributed by atoms with Crippen LogP contribution in [0.2, 0.25) is 0 Å². The largest absolute Gasteiger partial charge is 0.419 e. The fraction of sp³-hybridized carbons (Fsp3) is 0. The lowest BCUT2D eigenvalue weighted by Gasteiger charge is -1.93. The third-order valence-corrected chi connectivity index (χ3v) is 1.61. The Kier molecular flexibility index (Phi) is 1.37. The second-order valence-corrected chi connectivity index (χ2v) is 2.43. The molecule has 1 heterocycles. The van der Waals surface area contributed by atoms with E-state index >= 15 is 0 Å². The summed E-state index contributed by atoms with van der Waals surface area (Å²) < 4.78 is 4.72. The highest BCUT2D eigenvalue weighted by Gasteiger charge is 2.02. The van der Waals surface area contributed by atoms with Crippen molar-refractivity contribution in [3.05, 3.63) is 40.8 Å². The highest BCUT2D eigenvalue weighted by Crippen LogP contribution is 2.22. The fourth-order valence-corrected chi connectivity index (χ4v) is 1.07. The van der Waals surface area contributed by atoms with Gasteiger partial charge in [0.1, 0.15) is 0 Å². The molecule has 2 rings (SSSR count). The van der Waals surface area contributed by atoms with Crippen LogP contribution in [-0.4, -0.2) is 0 Å². The molecule has 1 aromatic heterocycles. The van der Waals surface area contributed by atoms with Gasteiger partial charge in [-0.2, -0.15) is 0 Å². The maximum atomic E-state index is 11.1. The van der Waals surface area contributed by atoms with Gasteiger partial charge in [-0.05, 0) is 12.1 Å². The minimum atomic E-state index is -0.495. The Morgan fingerprint density at radius 1 is 1.08 bits per heavy atom. The lowest BCUT2D eigenvalue weighted by Crippen LogP contribution is -1.93. The van der Waals surface area contributed by atoms with E-state index < -0.39 is 5.63 Å². The summed E-state index contributed by atoms with van der Waals surface area (Å²) in [4.78, 5) is 10.7. The monoisotopic (exact) mass is 161 g/mol. The molecule has 0 N–H and O–H groups in total. The molecule has 0 saturated heterocycles. The number of hydrogen-bond donors (Lipinski definition) is 0. The average molecular weight is 161 g/mol. The van der Waals surface area contributed by atoms with Crippen molar-refractivity contribution in [2.45, 2.75) is 0 Å². The Balaban J connectivity index is 2.97. The lowest BCUT2D eigenvalue weighted by atomic mass is 10.2. The predicted octanol–water partition coefficient (Wildman–Crippen LogP) is 1.94. The summed E-state index contributed by atoms with van der Waals surface area (Å²) in [6.45, 7) is 0. The molecular weight excluding hydrogens is 156 g/mol. The Labute approximate surface area is 67.9 Å². The van der Waals surface area contributed by atoms with Crippen molar-refractivity contribution < 1.29 is 9.52 Å². The zero-order chi connectivity index (χ0) is 8.55. The van der Waals surface area contributed by atoms with Crippen molar-refractivity contribution >= 4 is 11.0 Å². The van der Waals surface area contributed by atoms with Crippen molar-refractivity contribution in [1.82, 2.24) is 0 Å². The van der Waals surface area contributed by atoms with E-state index in [0.717, 1.165) is 0 Å². The number of fused-ring (bicyclic) bond motifs is 1. The highest BCUT2D eigenvalue weighted by atomic mass is 16.4. The van der Waals surface area contributed by atoms with Crippen molar-refractivity contribution in [2.24, 2.45) is 0 Å². The van der Waals surface area contributed by atoms with Gasteiger partial charge in [0.25, 0.3) is 0 Å². The minimum Gasteiger partial charge on any atom is -0.419 e. The molecule has 0 bridgehead atoms. The molecule has 0 saturated carbocycles. The van der Waals surface area contributed by atoms with Gasteiger partial charge in [0.05, 0.1) is 0 Å². The zero-order valence-electron chi connectivity index (χ0n) is 6.11. The van der Waals surface area contributed by atoms with E-state index in [4.69, 9.17) is 4.42 Å². The molecule has 0 spiro atoms. The van der Waals surface area contributed by atoms with Gasteiger partial charge in [-0.15, -0.1) is 0 Å². The SMILES string of the molecule is [O]c1cccc2ccc(=O)oc12. The first-order chi connectivity index (χ1) is 5.77. The Morgan fingerprint density at radius 2 is 1.92 bits per heavy atom. The fourth-order valence-electron chi connectivity index (χ4n) is 1.07. The summed E-state index contributed by atoms with van der Waals surface area (Å²) >= 11 is 0. The molecule has 1 radical (unpaired) electrons. The number of para-hydroxylation sites is 1. The van der Waals surface area contributed by atoms with Gasteiger partial charge >= 0.3 is 5.63 Å². The molecule has 2 aromatic rings. The van der Waals surface area contributed by atoms with Crippen LogP contribution < -0.4 is 5.63 Å². The minimum absolute atomic E-state index is 0.130. The molecule has 0 aliphatic heterocycles. The molecule has 0 unspecified atom stereocenters. The average Bonchev–Trinajstić information content (AvgIpc) is 2.07. The van der Waals surface area contributed by atoms with Gasteiger partial charge in [0.2, 0.25) is 5.75 Å². The predicted molar refractivity (Wildman–Crippen MR) is 42.6 cm³/mol. The second kappa shape index (κ2) is 2.37. The van der Waals surface area contributed by atoms with E-state index in [9.17, 15) is 9.90 Å². The quantitative estimate of drug-likeness (QED) is 0.554. The first kappa shape index (κ1) is 6.91. The number of benzene rings is 1. The van der Waals surface area contributed by atoms with Gasteiger partial charge in [0, 0.05) is 11.5 Å². The molecule has 0 atom stereocenters. The van der Waals surface area contributed by atoms with Crippen LogP contribution in [0.25, 0.3) is 11.0 Å². The topological polar surface area (TPSA) is 50.1 Å². The van der Waals surface area contributed by atoms with Gasteiger partial charge < -0.3 is 4.42 Å². The van der Waals surface area contributed by atoms with Crippen LogP contribution in [-0.2, 0) is 5.11 Å². The molecule has 0 aliphatic carbocycles. The molecule has 0 aliphatic rings. The van der Waals surface area contributed by atoms with Crippen LogP contribution in [0.1, 0.15) is 0 Å². The zero-order valence-corrected chi connectivity index (χ0v) is 6.11. The van der Waals surface area contributed by atoms with Crippen molar-refractivity contribution in [3.63, 3.8) is 0 Å². The molecular formula is C9H5O3. The summed E-state index contributed by atoms with van der Waals surface area (Å²) in [5.41, 5.74) is -0.365. The van der Waals surface area contributed by atoms with Crippen LogP contribution in [0.15, 0.2) is 39.5 Å². The normalized spacial score (nSPS) is 10.3. The second-order valence-electron chi connectivity index (χ2n) is 2.43. The highest BCUT2D eigenvalue weighted by molar-refractivity contribution is 5.81. The number of hydrogen-bond acceptors (Lipinski definition) is 2. The third-order valence-electron chi connectivity index (χ3n) is 1.61. The maximum absolute atomic E-state index is 11.1. The van der Waals surface area contributed by atoms with E-state index in [2.05, 4.69) is 0 Å². The molecule has 1 aromatic carbocycles. The summed E-state index contributed by atoms with van der Waals surface area (Å²) in [6.07, 6.45) is 0. The first-order valence-electron chi connectivity index (χ1n) is 3.47. The van der Waals surface area contributed by atoms with Crippen molar-refractivity contribution in [3.8, 4) is 5.75 Å². The van der Waals surface area contributed by atoms with E-state index in [-0.39, 0.29) is 11.3 Å². The summed E-state index contributed by atoms with van der Waals surface area (Å²) in [5.74, 6) is -0.259. The first-order valence-corrected chi connectivity index (χ1v) is 3.47. The van der Waals surface area contributed by atoms with Crippen LogP contribution in [0.4, 0.5) is 0 Å². The van der Waals surface area contributed by atoms with E-state index in [1.165, 1.54) is 12.1 Å². The smallest absolute Gasteiger partial charge is 0.336 e.